The third kappa shape index (κ3) is 5.50. The molecular formula is C12H26N2O. The minimum atomic E-state index is 0.471. The van der Waals surface area contributed by atoms with Gasteiger partial charge < -0.3 is 15.0 Å². The molecule has 1 atom stereocenters. The Kier molecular flexibility index (Phi) is 6.22. The molecule has 0 aromatic carbocycles. The molecule has 0 aliphatic carbocycles. The van der Waals surface area contributed by atoms with E-state index in [9.17, 15) is 0 Å². The Morgan fingerprint density at radius 1 is 1.40 bits per heavy atom. The van der Waals surface area contributed by atoms with Gasteiger partial charge in [-0.1, -0.05) is 6.92 Å². The van der Waals surface area contributed by atoms with Crippen LogP contribution in [0.15, 0.2) is 0 Å². The smallest absolute Gasteiger partial charge is 0.0613 e. The number of hydrogen-bond acceptors (Lipinski definition) is 3. The van der Waals surface area contributed by atoms with Crippen molar-refractivity contribution < 1.29 is 4.74 Å². The molecular weight excluding hydrogens is 188 g/mol. The zero-order valence-corrected chi connectivity index (χ0v) is 10.5. The molecule has 1 unspecified atom stereocenters. The molecule has 1 heterocycles. The van der Waals surface area contributed by atoms with Gasteiger partial charge in [-0.05, 0) is 38.8 Å². The van der Waals surface area contributed by atoms with Crippen molar-refractivity contribution in [3.05, 3.63) is 0 Å². The third-order valence-corrected chi connectivity index (χ3v) is 3.21. The Morgan fingerprint density at radius 2 is 2.07 bits per heavy atom. The van der Waals surface area contributed by atoms with Gasteiger partial charge in [-0.2, -0.15) is 0 Å². The van der Waals surface area contributed by atoms with E-state index in [0.717, 1.165) is 19.1 Å². The Labute approximate surface area is 94.2 Å². The fourth-order valence-corrected chi connectivity index (χ4v) is 2.06. The monoisotopic (exact) mass is 214 g/mol. The molecule has 1 rings (SSSR count). The predicted octanol–water partition coefficient (Wildman–Crippen LogP) is 1.34. The standard InChI is InChI=1S/C12H26N2O/c1-11-4-7-14(8-5-11)9-6-13-12(2)10-15-3/h11-13H,4-10H2,1-3H3. The van der Waals surface area contributed by atoms with Crippen LogP contribution in [0.5, 0.6) is 0 Å². The number of methoxy groups -OCH3 is 1. The van der Waals surface area contributed by atoms with Crippen molar-refractivity contribution in [2.45, 2.75) is 32.7 Å². The largest absolute Gasteiger partial charge is 0.383 e. The first-order valence-electron chi connectivity index (χ1n) is 6.17. The summed E-state index contributed by atoms with van der Waals surface area (Å²) in [4.78, 5) is 2.56. The van der Waals surface area contributed by atoms with E-state index < -0.39 is 0 Å². The Morgan fingerprint density at radius 3 is 2.67 bits per heavy atom. The minimum absolute atomic E-state index is 0.471. The molecule has 1 saturated heterocycles. The molecule has 1 fully saturated rings. The van der Waals surface area contributed by atoms with E-state index >= 15 is 0 Å². The van der Waals surface area contributed by atoms with Crippen molar-refractivity contribution in [1.82, 2.24) is 10.2 Å². The molecule has 0 saturated carbocycles. The third-order valence-electron chi connectivity index (χ3n) is 3.21. The van der Waals surface area contributed by atoms with Crippen molar-refractivity contribution in [2.24, 2.45) is 5.92 Å². The fraction of sp³-hybridized carbons (Fsp3) is 1.00. The molecule has 0 aromatic heterocycles. The van der Waals surface area contributed by atoms with Gasteiger partial charge in [0.2, 0.25) is 0 Å². The lowest BCUT2D eigenvalue weighted by molar-refractivity contribution is 0.162. The van der Waals surface area contributed by atoms with Gasteiger partial charge in [0.15, 0.2) is 0 Å². The Hall–Kier alpha value is -0.120. The average Bonchev–Trinajstić information content (AvgIpc) is 2.21. The van der Waals surface area contributed by atoms with Crippen LogP contribution in [0.25, 0.3) is 0 Å². The highest BCUT2D eigenvalue weighted by Gasteiger charge is 2.14. The summed E-state index contributed by atoms with van der Waals surface area (Å²) >= 11 is 0. The zero-order valence-electron chi connectivity index (χ0n) is 10.5. The molecule has 3 heteroatoms. The second-order valence-electron chi connectivity index (χ2n) is 4.83. The van der Waals surface area contributed by atoms with E-state index in [-0.39, 0.29) is 0 Å². The molecule has 0 radical (unpaired) electrons. The lowest BCUT2D eigenvalue weighted by Gasteiger charge is -2.30. The van der Waals surface area contributed by atoms with Crippen LogP contribution in [0, 0.1) is 5.92 Å². The first-order chi connectivity index (χ1) is 7.22. The normalized spacial score (nSPS) is 21.8. The van der Waals surface area contributed by atoms with E-state index in [1.165, 1.54) is 32.5 Å². The van der Waals surface area contributed by atoms with Crippen LogP contribution >= 0.6 is 0 Å². The van der Waals surface area contributed by atoms with Gasteiger partial charge in [-0.3, -0.25) is 0 Å². The number of likely N-dealkylation sites (tertiary alicyclic amines) is 1. The number of nitrogens with one attached hydrogen (secondary N) is 1. The van der Waals surface area contributed by atoms with Crippen LogP contribution < -0.4 is 5.32 Å². The van der Waals surface area contributed by atoms with Crippen molar-refractivity contribution in [1.29, 1.82) is 0 Å². The number of hydrogen-bond donors (Lipinski definition) is 1. The molecule has 0 bridgehead atoms. The summed E-state index contributed by atoms with van der Waals surface area (Å²) in [6, 6.07) is 0.471. The highest BCUT2D eigenvalue weighted by atomic mass is 16.5. The van der Waals surface area contributed by atoms with Crippen LogP contribution in [0.1, 0.15) is 26.7 Å². The Balaban J connectivity index is 2.00. The summed E-state index contributed by atoms with van der Waals surface area (Å²) in [6.07, 6.45) is 2.74. The van der Waals surface area contributed by atoms with E-state index in [1.807, 2.05) is 0 Å². The van der Waals surface area contributed by atoms with Gasteiger partial charge in [0, 0.05) is 26.2 Å². The number of nitrogens with zero attached hydrogens (tertiary/aromatic N) is 1. The lowest BCUT2D eigenvalue weighted by Crippen LogP contribution is -2.40. The lowest BCUT2D eigenvalue weighted by atomic mass is 9.99. The summed E-state index contributed by atoms with van der Waals surface area (Å²) < 4.78 is 5.08. The number of rotatable bonds is 6. The highest BCUT2D eigenvalue weighted by molar-refractivity contribution is 4.70. The van der Waals surface area contributed by atoms with Gasteiger partial charge in [-0.15, -0.1) is 0 Å². The summed E-state index contributed by atoms with van der Waals surface area (Å²) in [6.45, 7) is 10.2. The van der Waals surface area contributed by atoms with Gasteiger partial charge in [0.05, 0.1) is 6.61 Å². The molecule has 3 nitrogen and oxygen atoms in total. The van der Waals surface area contributed by atoms with Gasteiger partial charge in [-0.25, -0.2) is 0 Å². The van der Waals surface area contributed by atoms with Gasteiger partial charge >= 0.3 is 0 Å². The molecule has 1 aliphatic rings. The summed E-state index contributed by atoms with van der Waals surface area (Å²) in [7, 11) is 1.75. The molecule has 0 amide bonds. The number of ether oxygens (including phenoxy) is 1. The van der Waals surface area contributed by atoms with Crippen molar-refractivity contribution in [3.8, 4) is 0 Å². The molecule has 0 aromatic rings. The molecule has 1 N–H and O–H groups in total. The van der Waals surface area contributed by atoms with E-state index in [1.54, 1.807) is 7.11 Å². The van der Waals surface area contributed by atoms with Gasteiger partial charge in [0.1, 0.15) is 0 Å². The van der Waals surface area contributed by atoms with E-state index in [2.05, 4.69) is 24.1 Å². The average molecular weight is 214 g/mol. The zero-order chi connectivity index (χ0) is 11.1. The maximum Gasteiger partial charge on any atom is 0.0613 e. The van der Waals surface area contributed by atoms with Crippen LogP contribution in [-0.4, -0.2) is 50.8 Å². The maximum atomic E-state index is 5.08. The summed E-state index contributed by atoms with van der Waals surface area (Å²) in [5.74, 6) is 0.932. The van der Waals surface area contributed by atoms with Crippen molar-refractivity contribution in [2.75, 3.05) is 39.9 Å². The van der Waals surface area contributed by atoms with Crippen LogP contribution in [0.4, 0.5) is 0 Å². The molecule has 1 aliphatic heterocycles. The molecule has 15 heavy (non-hydrogen) atoms. The van der Waals surface area contributed by atoms with E-state index in [4.69, 9.17) is 4.74 Å². The second-order valence-corrected chi connectivity index (χ2v) is 4.83. The SMILES string of the molecule is COCC(C)NCCN1CCC(C)CC1. The van der Waals surface area contributed by atoms with Crippen LogP contribution in [0.3, 0.4) is 0 Å². The first-order valence-corrected chi connectivity index (χ1v) is 6.17. The summed E-state index contributed by atoms with van der Waals surface area (Å²) in [5.41, 5.74) is 0. The van der Waals surface area contributed by atoms with Crippen molar-refractivity contribution >= 4 is 0 Å². The minimum Gasteiger partial charge on any atom is -0.383 e. The van der Waals surface area contributed by atoms with Crippen molar-refractivity contribution in [3.63, 3.8) is 0 Å². The van der Waals surface area contributed by atoms with E-state index in [0.29, 0.717) is 6.04 Å². The van der Waals surface area contributed by atoms with Crippen LogP contribution in [0.2, 0.25) is 0 Å². The molecule has 0 spiro atoms. The maximum absolute atomic E-state index is 5.08. The Bertz CT molecular complexity index is 156. The fourth-order valence-electron chi connectivity index (χ4n) is 2.06. The summed E-state index contributed by atoms with van der Waals surface area (Å²) in [5, 5.41) is 3.48. The van der Waals surface area contributed by atoms with Crippen LogP contribution in [-0.2, 0) is 4.74 Å². The quantitative estimate of drug-likeness (QED) is 0.722. The predicted molar refractivity (Wildman–Crippen MR) is 64.2 cm³/mol. The topological polar surface area (TPSA) is 24.5 Å². The van der Waals surface area contributed by atoms with Gasteiger partial charge in [0.25, 0.3) is 0 Å². The first kappa shape index (κ1) is 12.9. The highest BCUT2D eigenvalue weighted by Crippen LogP contribution is 2.14. The second kappa shape index (κ2) is 7.20. The number of piperidine rings is 1. The molecule has 90 valence electrons.